The molecular weight excluding hydrogens is 328 g/mol. The zero-order valence-corrected chi connectivity index (χ0v) is 13.2. The van der Waals surface area contributed by atoms with Gasteiger partial charge in [0.05, 0.1) is 10.8 Å². The summed E-state index contributed by atoms with van der Waals surface area (Å²) < 4.78 is 48.5. The summed E-state index contributed by atoms with van der Waals surface area (Å²) >= 11 is 5.79. The first kappa shape index (κ1) is 17.1. The van der Waals surface area contributed by atoms with E-state index in [9.17, 15) is 16.8 Å². The van der Waals surface area contributed by atoms with Crippen molar-refractivity contribution in [3.05, 3.63) is 17.3 Å². The summed E-state index contributed by atoms with van der Waals surface area (Å²) in [6.45, 7) is 1.45. The van der Waals surface area contributed by atoms with Gasteiger partial charge in [-0.1, -0.05) is 11.6 Å². The lowest BCUT2D eigenvalue weighted by Gasteiger charge is -2.13. The van der Waals surface area contributed by atoms with Gasteiger partial charge in [0.2, 0.25) is 10.0 Å². The van der Waals surface area contributed by atoms with Crippen LogP contribution in [0.5, 0.6) is 0 Å². The number of nitrogen functional groups attached to an aromatic ring is 1. The molecule has 1 aromatic rings. The minimum atomic E-state index is -3.91. The van der Waals surface area contributed by atoms with Crippen LogP contribution in [0.4, 0.5) is 5.82 Å². The molecule has 0 radical (unpaired) electrons. The van der Waals surface area contributed by atoms with E-state index in [1.165, 1.54) is 13.0 Å². The number of hydrazine groups is 1. The number of rotatable bonds is 6. The van der Waals surface area contributed by atoms with E-state index in [0.717, 1.165) is 12.5 Å². The lowest BCUT2D eigenvalue weighted by Crippen LogP contribution is -2.37. The van der Waals surface area contributed by atoms with E-state index in [2.05, 4.69) is 15.1 Å². The predicted octanol–water partition coefficient (Wildman–Crippen LogP) is -0.268. The van der Waals surface area contributed by atoms with Crippen molar-refractivity contribution in [3.63, 3.8) is 0 Å². The highest BCUT2D eigenvalue weighted by Crippen LogP contribution is 2.21. The maximum atomic E-state index is 12.0. The molecule has 20 heavy (non-hydrogen) atoms. The largest absolute Gasteiger partial charge is 0.307 e. The highest BCUT2D eigenvalue weighted by atomic mass is 35.5. The molecule has 0 amide bonds. The third-order valence-electron chi connectivity index (χ3n) is 2.17. The molecule has 1 rings (SSSR count). The Bertz CT molecular complexity index is 690. The molecule has 0 fully saturated rings. The molecule has 0 saturated carbocycles. The van der Waals surface area contributed by atoms with Crippen molar-refractivity contribution in [2.24, 2.45) is 5.84 Å². The number of pyridine rings is 1. The van der Waals surface area contributed by atoms with Gasteiger partial charge in [0.15, 0.2) is 5.82 Å². The number of nitrogens with one attached hydrogen (secondary N) is 2. The summed E-state index contributed by atoms with van der Waals surface area (Å²) in [4.78, 5) is 3.56. The lowest BCUT2D eigenvalue weighted by molar-refractivity contribution is 0.564. The van der Waals surface area contributed by atoms with Crippen LogP contribution in [0.3, 0.4) is 0 Å². The average molecular weight is 343 g/mol. The Kier molecular flexibility index (Phi) is 5.33. The average Bonchev–Trinajstić information content (AvgIpc) is 2.25. The summed E-state index contributed by atoms with van der Waals surface area (Å²) in [5.41, 5.74) is 2.21. The second-order valence-corrected chi connectivity index (χ2v) is 8.57. The highest BCUT2D eigenvalue weighted by molar-refractivity contribution is 7.91. The van der Waals surface area contributed by atoms with Crippen LogP contribution >= 0.6 is 11.6 Å². The maximum absolute atomic E-state index is 12.0. The van der Waals surface area contributed by atoms with Gasteiger partial charge in [0.25, 0.3) is 0 Å². The number of nitrogens with zero attached hydrogens (tertiary/aromatic N) is 1. The van der Waals surface area contributed by atoms with Crippen LogP contribution in [0, 0.1) is 0 Å². The molecule has 8 nitrogen and oxygen atoms in total. The third-order valence-corrected chi connectivity index (χ3v) is 5.12. The maximum Gasteiger partial charge on any atom is 0.242 e. The van der Waals surface area contributed by atoms with Crippen molar-refractivity contribution >= 4 is 37.3 Å². The fourth-order valence-electron chi connectivity index (χ4n) is 1.49. The molecule has 1 atom stereocenters. The Balaban J connectivity index is 2.97. The fraction of sp³-hybridized carbons (Fsp3) is 0.444. The zero-order chi connectivity index (χ0) is 15.6. The number of aromatic nitrogens is 1. The molecule has 1 unspecified atom stereocenters. The Labute approximate surface area is 122 Å². The SMILES string of the molecule is CC(CS(C)(=O)=O)NS(=O)(=O)c1cnc(NN)c(Cl)c1. The van der Waals surface area contributed by atoms with Gasteiger partial charge < -0.3 is 5.43 Å². The lowest BCUT2D eigenvalue weighted by atomic mass is 10.4. The number of halogens is 1. The Morgan fingerprint density at radius 2 is 2.00 bits per heavy atom. The van der Waals surface area contributed by atoms with E-state index in [0.29, 0.717) is 0 Å². The molecule has 11 heteroatoms. The number of hydrogen-bond donors (Lipinski definition) is 3. The smallest absolute Gasteiger partial charge is 0.242 e. The normalized spacial score (nSPS) is 14.0. The van der Waals surface area contributed by atoms with E-state index in [1.54, 1.807) is 0 Å². The molecule has 0 spiro atoms. The first-order chi connectivity index (χ1) is 9.05. The molecule has 0 aliphatic rings. The molecule has 4 N–H and O–H groups in total. The Morgan fingerprint density at radius 3 is 2.45 bits per heavy atom. The van der Waals surface area contributed by atoms with Crippen LogP contribution in [-0.4, -0.2) is 39.9 Å². The van der Waals surface area contributed by atoms with Crippen molar-refractivity contribution in [2.45, 2.75) is 17.9 Å². The quantitative estimate of drug-likeness (QED) is 0.479. The van der Waals surface area contributed by atoms with Crippen LogP contribution in [0.25, 0.3) is 0 Å². The minimum absolute atomic E-state index is 0.0335. The molecule has 1 aromatic heterocycles. The van der Waals surface area contributed by atoms with Crippen LogP contribution < -0.4 is 16.0 Å². The van der Waals surface area contributed by atoms with E-state index in [4.69, 9.17) is 17.4 Å². The highest BCUT2D eigenvalue weighted by Gasteiger charge is 2.21. The van der Waals surface area contributed by atoms with Gasteiger partial charge in [-0.05, 0) is 13.0 Å². The Morgan fingerprint density at radius 1 is 1.40 bits per heavy atom. The molecule has 1 heterocycles. The number of anilines is 1. The van der Waals surface area contributed by atoms with Crippen LogP contribution in [-0.2, 0) is 19.9 Å². The second kappa shape index (κ2) is 6.22. The van der Waals surface area contributed by atoms with Crippen molar-refractivity contribution in [1.82, 2.24) is 9.71 Å². The van der Waals surface area contributed by atoms with Crippen molar-refractivity contribution in [2.75, 3.05) is 17.4 Å². The van der Waals surface area contributed by atoms with Gasteiger partial charge in [-0.15, -0.1) is 0 Å². The van der Waals surface area contributed by atoms with Gasteiger partial charge >= 0.3 is 0 Å². The van der Waals surface area contributed by atoms with E-state index < -0.39 is 25.9 Å². The van der Waals surface area contributed by atoms with Gasteiger partial charge in [0, 0.05) is 18.5 Å². The van der Waals surface area contributed by atoms with Crippen LogP contribution in [0.1, 0.15) is 6.92 Å². The van der Waals surface area contributed by atoms with Crippen LogP contribution in [0.2, 0.25) is 5.02 Å². The third kappa shape index (κ3) is 4.87. The topological polar surface area (TPSA) is 131 Å². The molecule has 114 valence electrons. The molecule has 0 saturated heterocycles. The summed E-state index contributed by atoms with van der Waals surface area (Å²) in [5, 5.41) is 0.0335. The molecule has 0 aliphatic heterocycles. The zero-order valence-electron chi connectivity index (χ0n) is 10.8. The van der Waals surface area contributed by atoms with Gasteiger partial charge in [-0.25, -0.2) is 32.4 Å². The van der Waals surface area contributed by atoms with E-state index in [1.807, 2.05) is 0 Å². The summed E-state index contributed by atoms with van der Waals surface area (Å²) in [6, 6.07) is 0.389. The molecule has 0 bridgehead atoms. The molecule has 0 aromatic carbocycles. The van der Waals surface area contributed by atoms with Crippen LogP contribution in [0.15, 0.2) is 17.2 Å². The number of hydrogen-bond acceptors (Lipinski definition) is 7. The summed E-state index contributed by atoms with van der Waals surface area (Å²) in [6.07, 6.45) is 2.09. The fourth-order valence-corrected chi connectivity index (χ4v) is 4.09. The number of sulfone groups is 1. The molecule has 0 aliphatic carbocycles. The summed E-state index contributed by atoms with van der Waals surface area (Å²) in [7, 11) is -7.20. The standard InChI is InChI=1S/C9H15ClN4O4S2/c1-6(5-19(2,15)16)14-20(17,18)7-3-8(10)9(13-11)12-4-7/h3-4,6,14H,5,11H2,1-2H3,(H,12,13). The van der Waals surface area contributed by atoms with Crippen molar-refractivity contribution in [1.29, 1.82) is 0 Å². The monoisotopic (exact) mass is 342 g/mol. The first-order valence-electron chi connectivity index (χ1n) is 5.37. The minimum Gasteiger partial charge on any atom is -0.307 e. The van der Waals surface area contributed by atoms with Gasteiger partial charge in [0.1, 0.15) is 14.7 Å². The van der Waals surface area contributed by atoms with Crippen molar-refractivity contribution < 1.29 is 16.8 Å². The van der Waals surface area contributed by atoms with E-state index in [-0.39, 0.29) is 21.5 Å². The van der Waals surface area contributed by atoms with E-state index >= 15 is 0 Å². The number of nitrogens with two attached hydrogens (primary N) is 1. The van der Waals surface area contributed by atoms with Gasteiger partial charge in [-0.2, -0.15) is 0 Å². The predicted molar refractivity (Wildman–Crippen MR) is 76.6 cm³/mol. The first-order valence-corrected chi connectivity index (χ1v) is 9.29. The summed E-state index contributed by atoms with van der Waals surface area (Å²) in [5.74, 6) is 4.96. The van der Waals surface area contributed by atoms with Gasteiger partial charge in [-0.3, -0.25) is 0 Å². The second-order valence-electron chi connectivity index (χ2n) is 4.26. The number of sulfonamides is 1. The Hall–Kier alpha value is -0.940. The van der Waals surface area contributed by atoms with Crippen molar-refractivity contribution in [3.8, 4) is 0 Å². The molecular formula is C9H15ClN4O4S2.